The zero-order valence-electron chi connectivity index (χ0n) is 18.2. The number of hydrogen-bond donors (Lipinski definition) is 1. The molecule has 1 aliphatic heterocycles. The molecule has 0 spiro atoms. The third-order valence-electron chi connectivity index (χ3n) is 5.84. The highest BCUT2D eigenvalue weighted by atomic mass is 32.1. The minimum atomic E-state index is -0.466. The van der Waals surface area contributed by atoms with Gasteiger partial charge in [-0.25, -0.2) is 0 Å². The molecular formula is C26H28N2O3S. The van der Waals surface area contributed by atoms with E-state index in [1.54, 1.807) is 11.3 Å². The van der Waals surface area contributed by atoms with Crippen LogP contribution in [0.3, 0.4) is 0 Å². The number of carbonyl (C=O) groups is 2. The van der Waals surface area contributed by atoms with E-state index in [1.165, 1.54) is 0 Å². The van der Waals surface area contributed by atoms with Crippen molar-refractivity contribution in [3.8, 4) is 10.4 Å². The minimum Gasteiger partial charge on any atom is -0.462 e. The summed E-state index contributed by atoms with van der Waals surface area (Å²) in [5, 5.41) is 2.70. The average Bonchev–Trinajstić information content (AvgIpc) is 3.29. The normalized spacial score (nSPS) is 15.8. The summed E-state index contributed by atoms with van der Waals surface area (Å²) in [5.41, 5.74) is 2.91. The van der Waals surface area contributed by atoms with E-state index in [1.807, 2.05) is 48.5 Å². The van der Waals surface area contributed by atoms with Gasteiger partial charge in [0.05, 0.1) is 6.54 Å². The summed E-state index contributed by atoms with van der Waals surface area (Å²) in [6.07, 6.45) is 2.42. The first kappa shape index (κ1) is 22.2. The number of esters is 1. The zero-order valence-corrected chi connectivity index (χ0v) is 19.0. The van der Waals surface area contributed by atoms with Gasteiger partial charge in [-0.2, -0.15) is 0 Å². The maximum Gasteiger partial charge on any atom is 0.318 e. The van der Waals surface area contributed by atoms with E-state index >= 15 is 0 Å². The van der Waals surface area contributed by atoms with Crippen molar-refractivity contribution < 1.29 is 14.3 Å². The highest BCUT2D eigenvalue weighted by molar-refractivity contribution is 7.15. The third-order valence-corrected chi connectivity index (χ3v) is 6.98. The molecule has 2 aromatic carbocycles. The first-order valence-corrected chi connectivity index (χ1v) is 11.8. The van der Waals surface area contributed by atoms with Gasteiger partial charge in [0.15, 0.2) is 0 Å². The van der Waals surface area contributed by atoms with Crippen LogP contribution in [0.5, 0.6) is 0 Å². The minimum absolute atomic E-state index is 0.0294. The number of benzene rings is 2. The van der Waals surface area contributed by atoms with Crippen LogP contribution in [0.15, 0.2) is 66.7 Å². The fourth-order valence-electron chi connectivity index (χ4n) is 4.09. The van der Waals surface area contributed by atoms with Crippen LogP contribution in [0.4, 0.5) is 0 Å². The number of thiophene rings is 1. The molecule has 1 amide bonds. The summed E-state index contributed by atoms with van der Waals surface area (Å²) in [6, 6.07) is 22.1. The largest absolute Gasteiger partial charge is 0.462 e. The molecule has 1 fully saturated rings. The molecule has 5 nitrogen and oxygen atoms in total. The topological polar surface area (TPSA) is 58.6 Å². The Labute approximate surface area is 193 Å². The lowest BCUT2D eigenvalue weighted by Crippen LogP contribution is -2.36. The molecule has 0 radical (unpaired) electrons. The van der Waals surface area contributed by atoms with Crippen LogP contribution in [0.1, 0.15) is 34.8 Å². The molecule has 1 saturated heterocycles. The quantitative estimate of drug-likeness (QED) is 0.409. The highest BCUT2D eigenvalue weighted by Gasteiger charge is 2.28. The van der Waals surface area contributed by atoms with Crippen LogP contribution < -0.4 is 5.32 Å². The molecule has 1 aromatic heterocycles. The number of nitrogens with one attached hydrogen (secondary N) is 1. The Balaban J connectivity index is 1.60. The molecule has 32 heavy (non-hydrogen) atoms. The second kappa shape index (κ2) is 10.6. The Bertz CT molecular complexity index is 1040. The number of amides is 1. The first-order chi connectivity index (χ1) is 15.6. The molecule has 0 saturated carbocycles. The fraction of sp³-hybridized carbons (Fsp3) is 0.308. The lowest BCUT2D eigenvalue weighted by molar-refractivity contribution is -0.151. The van der Waals surface area contributed by atoms with Gasteiger partial charge < -0.3 is 15.0 Å². The molecular weight excluding hydrogens is 420 g/mol. The van der Waals surface area contributed by atoms with Gasteiger partial charge in [0.2, 0.25) is 6.41 Å². The van der Waals surface area contributed by atoms with Crippen molar-refractivity contribution in [3.63, 3.8) is 0 Å². The van der Waals surface area contributed by atoms with E-state index < -0.39 is 5.92 Å². The summed E-state index contributed by atoms with van der Waals surface area (Å²) in [5.74, 6) is -0.656. The van der Waals surface area contributed by atoms with E-state index in [4.69, 9.17) is 4.74 Å². The Kier molecular flexibility index (Phi) is 7.35. The van der Waals surface area contributed by atoms with Crippen LogP contribution in [-0.4, -0.2) is 43.5 Å². The maximum absolute atomic E-state index is 13.4. The van der Waals surface area contributed by atoms with Gasteiger partial charge in [-0.05, 0) is 54.8 Å². The highest BCUT2D eigenvalue weighted by Crippen LogP contribution is 2.33. The van der Waals surface area contributed by atoms with Crippen molar-refractivity contribution in [2.75, 3.05) is 20.1 Å². The van der Waals surface area contributed by atoms with Crippen molar-refractivity contribution in [2.24, 2.45) is 0 Å². The van der Waals surface area contributed by atoms with Crippen LogP contribution in [-0.2, 0) is 20.9 Å². The molecule has 1 N–H and O–H groups in total. The summed E-state index contributed by atoms with van der Waals surface area (Å²) in [6.45, 7) is 2.41. The number of nitrogens with zero attached hydrogens (tertiary/aromatic N) is 1. The predicted molar refractivity (Wildman–Crippen MR) is 128 cm³/mol. The first-order valence-electron chi connectivity index (χ1n) is 10.9. The van der Waals surface area contributed by atoms with Gasteiger partial charge in [0.1, 0.15) is 12.0 Å². The van der Waals surface area contributed by atoms with Crippen LogP contribution in [0.25, 0.3) is 10.4 Å². The van der Waals surface area contributed by atoms with Gasteiger partial charge in [-0.3, -0.25) is 9.59 Å². The maximum atomic E-state index is 13.4. The van der Waals surface area contributed by atoms with Gasteiger partial charge in [-0.1, -0.05) is 48.5 Å². The van der Waals surface area contributed by atoms with E-state index in [9.17, 15) is 9.59 Å². The van der Waals surface area contributed by atoms with Crippen molar-refractivity contribution in [3.05, 3.63) is 82.7 Å². The van der Waals surface area contributed by atoms with Gasteiger partial charge in [-0.15, -0.1) is 11.3 Å². The van der Waals surface area contributed by atoms with E-state index in [0.29, 0.717) is 13.0 Å². The second-order valence-electron chi connectivity index (χ2n) is 8.17. The smallest absolute Gasteiger partial charge is 0.318 e. The SMILES string of the molecule is CN1CCC(OC(=O)C(c2ccccc2)c2cccc(-c3ccc(CNC=O)s3)c2)CC1. The molecule has 1 unspecified atom stereocenters. The number of piperidine rings is 1. The monoisotopic (exact) mass is 448 g/mol. The standard InChI is InChI=1S/C26H28N2O3S/c1-28-14-12-22(13-15-28)31-26(30)25(19-6-3-2-4-7-19)21-9-5-8-20(16-21)24-11-10-23(32-24)17-27-18-29/h2-11,16,18,22,25H,12-15,17H2,1H3,(H,27,29). The third kappa shape index (κ3) is 5.44. The van der Waals surface area contributed by atoms with Crippen LogP contribution in [0, 0.1) is 0 Å². The molecule has 0 aliphatic carbocycles. The van der Waals surface area contributed by atoms with Gasteiger partial charge in [0.25, 0.3) is 0 Å². The Morgan fingerprint density at radius 1 is 1.09 bits per heavy atom. The fourth-order valence-corrected chi connectivity index (χ4v) is 5.04. The Morgan fingerprint density at radius 2 is 1.84 bits per heavy atom. The van der Waals surface area contributed by atoms with Crippen molar-refractivity contribution >= 4 is 23.7 Å². The summed E-state index contributed by atoms with van der Waals surface area (Å²) in [4.78, 5) is 28.4. The molecule has 1 aliphatic rings. The molecule has 6 heteroatoms. The van der Waals surface area contributed by atoms with Crippen LogP contribution >= 0.6 is 11.3 Å². The number of hydrogen-bond acceptors (Lipinski definition) is 5. The van der Waals surface area contributed by atoms with E-state index in [-0.39, 0.29) is 12.1 Å². The molecule has 4 rings (SSSR count). The lowest BCUT2D eigenvalue weighted by Gasteiger charge is -2.30. The Hall–Kier alpha value is -2.96. The lowest BCUT2D eigenvalue weighted by atomic mass is 9.90. The van der Waals surface area contributed by atoms with E-state index in [2.05, 4.69) is 35.5 Å². The summed E-state index contributed by atoms with van der Waals surface area (Å²) < 4.78 is 6.00. The van der Waals surface area contributed by atoms with E-state index in [0.717, 1.165) is 52.4 Å². The average molecular weight is 449 g/mol. The summed E-state index contributed by atoms with van der Waals surface area (Å²) >= 11 is 1.64. The number of rotatable bonds is 8. The molecule has 166 valence electrons. The van der Waals surface area contributed by atoms with Gasteiger partial charge in [0, 0.05) is 22.8 Å². The molecule has 3 aromatic rings. The Morgan fingerprint density at radius 3 is 2.59 bits per heavy atom. The van der Waals surface area contributed by atoms with Gasteiger partial charge >= 0.3 is 5.97 Å². The molecule has 0 bridgehead atoms. The number of ether oxygens (including phenoxy) is 1. The molecule has 1 atom stereocenters. The zero-order chi connectivity index (χ0) is 22.3. The number of likely N-dealkylation sites (tertiary alicyclic amines) is 1. The van der Waals surface area contributed by atoms with Crippen molar-refractivity contribution in [1.82, 2.24) is 10.2 Å². The van der Waals surface area contributed by atoms with Crippen molar-refractivity contribution in [1.29, 1.82) is 0 Å². The number of carbonyl (C=O) groups excluding carboxylic acids is 2. The molecule has 2 heterocycles. The van der Waals surface area contributed by atoms with Crippen molar-refractivity contribution in [2.45, 2.75) is 31.4 Å². The predicted octanol–water partition coefficient (Wildman–Crippen LogP) is 4.43. The second-order valence-corrected chi connectivity index (χ2v) is 9.34. The van der Waals surface area contributed by atoms with Crippen LogP contribution in [0.2, 0.25) is 0 Å². The summed E-state index contributed by atoms with van der Waals surface area (Å²) in [7, 11) is 2.10.